The van der Waals surface area contributed by atoms with Gasteiger partial charge in [-0.3, -0.25) is 10.3 Å². The van der Waals surface area contributed by atoms with Crippen molar-refractivity contribution in [3.8, 4) is 0 Å². The van der Waals surface area contributed by atoms with Crippen molar-refractivity contribution in [1.29, 1.82) is 0 Å². The first-order valence-corrected chi connectivity index (χ1v) is 6.91. The lowest BCUT2D eigenvalue weighted by Gasteiger charge is -2.08. The maximum Gasteiger partial charge on any atom is 0.326 e. The highest BCUT2D eigenvalue weighted by molar-refractivity contribution is 6.29. The van der Waals surface area contributed by atoms with Crippen molar-refractivity contribution in [2.75, 3.05) is 10.6 Å². The van der Waals surface area contributed by atoms with Crippen molar-refractivity contribution in [3.63, 3.8) is 0 Å². The molecule has 0 atom stereocenters. The van der Waals surface area contributed by atoms with Gasteiger partial charge in [0.15, 0.2) is 0 Å². The number of pyridine rings is 1. The minimum Gasteiger partial charge on any atom is -0.308 e. The zero-order valence-corrected chi connectivity index (χ0v) is 12.4. The van der Waals surface area contributed by atoms with E-state index in [1.54, 1.807) is 31.5 Å². The van der Waals surface area contributed by atoms with Gasteiger partial charge in [-0.15, -0.1) is 0 Å². The molecular formula is C15H12ClN5O. The maximum absolute atomic E-state index is 12.0. The molecule has 0 bridgehead atoms. The summed E-state index contributed by atoms with van der Waals surface area (Å²) in [4.78, 5) is 24.1. The molecule has 7 heteroatoms. The summed E-state index contributed by atoms with van der Waals surface area (Å²) in [5.41, 5.74) is 1.34. The summed E-state index contributed by atoms with van der Waals surface area (Å²) >= 11 is 5.83. The number of aryl methyl sites for hydroxylation is 1. The van der Waals surface area contributed by atoms with Gasteiger partial charge in [0.05, 0.1) is 0 Å². The van der Waals surface area contributed by atoms with Crippen LogP contribution in [0.5, 0.6) is 0 Å². The minimum atomic E-state index is -0.435. The fraction of sp³-hybridized carbons (Fsp3) is 0.0667. The van der Waals surface area contributed by atoms with Gasteiger partial charge in [-0.05, 0) is 36.6 Å². The van der Waals surface area contributed by atoms with Crippen molar-refractivity contribution in [3.05, 3.63) is 53.6 Å². The lowest BCUT2D eigenvalue weighted by atomic mass is 10.1. The Morgan fingerprint density at radius 2 is 1.95 bits per heavy atom. The number of urea groups is 1. The van der Waals surface area contributed by atoms with Gasteiger partial charge >= 0.3 is 6.03 Å². The van der Waals surface area contributed by atoms with Gasteiger partial charge in [0.25, 0.3) is 0 Å². The highest BCUT2D eigenvalue weighted by Gasteiger charge is 2.07. The number of hydrogen-bond acceptors (Lipinski definition) is 4. The molecule has 0 fully saturated rings. The van der Waals surface area contributed by atoms with Gasteiger partial charge in [-0.2, -0.15) is 0 Å². The molecule has 2 N–H and O–H groups in total. The van der Waals surface area contributed by atoms with E-state index >= 15 is 0 Å². The molecule has 3 rings (SSSR count). The molecule has 2 heterocycles. The number of hydrogen-bond donors (Lipinski definition) is 2. The number of benzene rings is 1. The molecule has 22 heavy (non-hydrogen) atoms. The first-order chi connectivity index (χ1) is 10.6. The van der Waals surface area contributed by atoms with Crippen LogP contribution in [0.2, 0.25) is 5.15 Å². The topological polar surface area (TPSA) is 79.8 Å². The summed E-state index contributed by atoms with van der Waals surface area (Å²) < 4.78 is 0. The summed E-state index contributed by atoms with van der Waals surface area (Å²) in [5, 5.41) is 7.55. The SMILES string of the molecule is Cc1cc(Cl)nc(NC(=O)Nc2ccc3cnccc3c2)n1. The van der Waals surface area contributed by atoms with Gasteiger partial charge in [-0.1, -0.05) is 17.7 Å². The third-order valence-corrected chi connectivity index (χ3v) is 3.14. The standard InChI is InChI=1S/C15H12ClN5O/c1-9-6-13(16)20-14(18-9)21-15(22)19-12-3-2-11-8-17-5-4-10(11)7-12/h2-8H,1H3,(H2,18,19,20,21,22). The number of rotatable bonds is 2. The fourth-order valence-electron chi connectivity index (χ4n) is 2.01. The highest BCUT2D eigenvalue weighted by Crippen LogP contribution is 2.18. The van der Waals surface area contributed by atoms with Crippen LogP contribution >= 0.6 is 11.6 Å². The average molecular weight is 314 g/mol. The van der Waals surface area contributed by atoms with Crippen molar-refractivity contribution in [2.24, 2.45) is 0 Å². The van der Waals surface area contributed by atoms with Gasteiger partial charge in [0, 0.05) is 29.2 Å². The number of amides is 2. The van der Waals surface area contributed by atoms with Crippen LogP contribution in [-0.4, -0.2) is 21.0 Å². The normalized spacial score (nSPS) is 10.5. The summed E-state index contributed by atoms with van der Waals surface area (Å²) in [6.07, 6.45) is 3.47. The maximum atomic E-state index is 12.0. The van der Waals surface area contributed by atoms with Crippen molar-refractivity contribution in [2.45, 2.75) is 6.92 Å². The quantitative estimate of drug-likeness (QED) is 0.708. The average Bonchev–Trinajstić information content (AvgIpc) is 2.45. The van der Waals surface area contributed by atoms with Crippen LogP contribution in [0, 0.1) is 6.92 Å². The minimum absolute atomic E-state index is 0.160. The zero-order chi connectivity index (χ0) is 15.5. The van der Waals surface area contributed by atoms with Gasteiger partial charge in [0.2, 0.25) is 5.95 Å². The van der Waals surface area contributed by atoms with Crippen LogP contribution in [0.1, 0.15) is 5.69 Å². The molecule has 0 unspecified atom stereocenters. The molecule has 6 nitrogen and oxygen atoms in total. The molecule has 1 aromatic carbocycles. The smallest absolute Gasteiger partial charge is 0.308 e. The zero-order valence-electron chi connectivity index (χ0n) is 11.7. The Morgan fingerprint density at radius 3 is 2.77 bits per heavy atom. The van der Waals surface area contributed by atoms with Gasteiger partial charge < -0.3 is 5.32 Å². The fourth-order valence-corrected chi connectivity index (χ4v) is 2.25. The second kappa shape index (κ2) is 5.95. The summed E-state index contributed by atoms with van der Waals surface area (Å²) in [5.74, 6) is 0.160. The third kappa shape index (κ3) is 3.29. The van der Waals surface area contributed by atoms with E-state index in [1.165, 1.54) is 0 Å². The lowest BCUT2D eigenvalue weighted by Crippen LogP contribution is -2.21. The van der Waals surface area contributed by atoms with Crippen LogP contribution in [0.15, 0.2) is 42.7 Å². The summed E-state index contributed by atoms with van der Waals surface area (Å²) in [6, 6.07) is 8.60. The molecule has 3 aromatic rings. The Labute approximate surface area is 131 Å². The summed E-state index contributed by atoms with van der Waals surface area (Å²) in [6.45, 7) is 1.77. The Hall–Kier alpha value is -2.73. The third-order valence-electron chi connectivity index (χ3n) is 2.95. The van der Waals surface area contributed by atoms with Crippen LogP contribution in [-0.2, 0) is 0 Å². The number of aromatic nitrogens is 3. The Kier molecular flexibility index (Phi) is 3.84. The van der Waals surface area contributed by atoms with Gasteiger partial charge in [0.1, 0.15) is 5.15 Å². The molecular weight excluding hydrogens is 302 g/mol. The Balaban J connectivity index is 1.75. The number of halogens is 1. The first kappa shape index (κ1) is 14.2. The second-order valence-electron chi connectivity index (χ2n) is 4.67. The largest absolute Gasteiger partial charge is 0.326 e. The number of carbonyl (C=O) groups is 1. The Bertz CT molecular complexity index is 832. The van der Waals surface area contributed by atoms with Crippen LogP contribution in [0.3, 0.4) is 0 Å². The lowest BCUT2D eigenvalue weighted by molar-refractivity contribution is 0.262. The highest BCUT2D eigenvalue weighted by atomic mass is 35.5. The summed E-state index contributed by atoms with van der Waals surface area (Å²) in [7, 11) is 0. The molecule has 0 aliphatic heterocycles. The first-order valence-electron chi connectivity index (χ1n) is 6.53. The predicted octanol–water partition coefficient (Wildman–Crippen LogP) is 3.63. The molecule has 0 saturated heterocycles. The van der Waals surface area contributed by atoms with E-state index in [1.807, 2.05) is 18.2 Å². The van der Waals surface area contributed by atoms with E-state index in [4.69, 9.17) is 11.6 Å². The van der Waals surface area contributed by atoms with E-state index in [0.717, 1.165) is 10.8 Å². The molecule has 0 aliphatic rings. The predicted molar refractivity (Wildman–Crippen MR) is 86.2 cm³/mol. The van der Waals surface area contributed by atoms with E-state index in [-0.39, 0.29) is 11.1 Å². The number of anilines is 2. The number of nitrogens with one attached hydrogen (secondary N) is 2. The molecule has 0 saturated carbocycles. The molecule has 0 aliphatic carbocycles. The van der Waals surface area contributed by atoms with Crippen molar-refractivity contribution in [1.82, 2.24) is 15.0 Å². The van der Waals surface area contributed by atoms with Crippen molar-refractivity contribution >= 4 is 40.0 Å². The molecule has 0 radical (unpaired) electrons. The molecule has 110 valence electrons. The van der Waals surface area contributed by atoms with E-state index in [0.29, 0.717) is 11.4 Å². The van der Waals surface area contributed by atoms with Crippen LogP contribution < -0.4 is 10.6 Å². The number of fused-ring (bicyclic) bond motifs is 1. The van der Waals surface area contributed by atoms with Crippen LogP contribution in [0.4, 0.5) is 16.4 Å². The van der Waals surface area contributed by atoms with Gasteiger partial charge in [-0.25, -0.2) is 14.8 Å². The molecule has 2 amide bonds. The van der Waals surface area contributed by atoms with E-state index < -0.39 is 6.03 Å². The van der Waals surface area contributed by atoms with Crippen LogP contribution in [0.25, 0.3) is 10.8 Å². The van der Waals surface area contributed by atoms with Crippen molar-refractivity contribution < 1.29 is 4.79 Å². The number of carbonyl (C=O) groups excluding carboxylic acids is 1. The number of nitrogens with zero attached hydrogens (tertiary/aromatic N) is 3. The second-order valence-corrected chi connectivity index (χ2v) is 5.06. The van der Waals surface area contributed by atoms with E-state index in [2.05, 4.69) is 25.6 Å². The molecule has 0 spiro atoms. The monoisotopic (exact) mass is 313 g/mol. The molecule has 2 aromatic heterocycles. The van der Waals surface area contributed by atoms with E-state index in [9.17, 15) is 4.79 Å². The Morgan fingerprint density at radius 1 is 1.09 bits per heavy atom.